The lowest BCUT2D eigenvalue weighted by Gasteiger charge is -2.35. The summed E-state index contributed by atoms with van der Waals surface area (Å²) in [6.07, 6.45) is 8.72. The van der Waals surface area contributed by atoms with Crippen molar-refractivity contribution in [2.75, 3.05) is 11.9 Å². The molecule has 4 heterocycles. The summed E-state index contributed by atoms with van der Waals surface area (Å²) in [5.41, 5.74) is 1.15. The number of carbonyl (C=O) groups excluding carboxylic acids is 2. The number of amides is 2. The van der Waals surface area contributed by atoms with Gasteiger partial charge in [-0.15, -0.1) is 0 Å². The molecule has 1 aliphatic heterocycles. The summed E-state index contributed by atoms with van der Waals surface area (Å²) >= 11 is 0. The van der Waals surface area contributed by atoms with Crippen molar-refractivity contribution in [3.63, 3.8) is 0 Å². The Hall–Kier alpha value is -3.43. The first-order valence-electron chi connectivity index (χ1n) is 9.48. The molecular formula is C19H22N6O4. The Morgan fingerprint density at radius 3 is 2.55 bits per heavy atom. The summed E-state index contributed by atoms with van der Waals surface area (Å²) < 4.78 is 12.0. The van der Waals surface area contributed by atoms with E-state index < -0.39 is 0 Å². The van der Waals surface area contributed by atoms with E-state index in [4.69, 9.17) is 8.83 Å². The molecule has 1 fully saturated rings. The van der Waals surface area contributed by atoms with E-state index in [-0.39, 0.29) is 23.6 Å². The number of aryl methyl sites for hydroxylation is 2. The Bertz CT molecular complexity index is 1020. The van der Waals surface area contributed by atoms with Crippen molar-refractivity contribution in [3.05, 3.63) is 48.1 Å². The largest absolute Gasteiger partial charge is 0.448 e. The summed E-state index contributed by atoms with van der Waals surface area (Å²) in [4.78, 5) is 35.0. The highest BCUT2D eigenvalue weighted by Gasteiger charge is 2.30. The monoisotopic (exact) mass is 398 g/mol. The minimum Gasteiger partial charge on any atom is -0.448 e. The standard InChI is InChI=1S/C19H22N6O4/c1-12-16(20-10-28-12)18(26)23-14-7-22-24(8-14)9-15-5-3-4-6-25(15)19(27)17-13(2)29-11-21-17/h7-8,10-11,15H,3-6,9H2,1-2H3,(H,23,26). The van der Waals surface area contributed by atoms with Gasteiger partial charge >= 0.3 is 0 Å². The highest BCUT2D eigenvalue weighted by atomic mass is 16.3. The van der Waals surface area contributed by atoms with Crippen LogP contribution < -0.4 is 5.32 Å². The van der Waals surface area contributed by atoms with Gasteiger partial charge in [0.05, 0.1) is 24.5 Å². The SMILES string of the molecule is Cc1ocnc1C(=O)Nc1cnn(CC2CCCCN2C(=O)c2ncoc2C)c1. The maximum absolute atomic E-state index is 12.9. The summed E-state index contributed by atoms with van der Waals surface area (Å²) in [5, 5.41) is 7.09. The lowest BCUT2D eigenvalue weighted by Crippen LogP contribution is -2.46. The maximum Gasteiger partial charge on any atom is 0.277 e. The molecule has 0 bridgehead atoms. The van der Waals surface area contributed by atoms with Crippen molar-refractivity contribution in [2.24, 2.45) is 0 Å². The van der Waals surface area contributed by atoms with Crippen molar-refractivity contribution < 1.29 is 18.4 Å². The normalized spacial score (nSPS) is 16.8. The first-order chi connectivity index (χ1) is 14.0. The molecule has 1 saturated heterocycles. The molecule has 2 amide bonds. The Morgan fingerprint density at radius 2 is 1.86 bits per heavy atom. The quantitative estimate of drug-likeness (QED) is 0.701. The number of nitrogens with one attached hydrogen (secondary N) is 1. The topological polar surface area (TPSA) is 119 Å². The third-order valence-corrected chi connectivity index (χ3v) is 5.08. The van der Waals surface area contributed by atoms with Gasteiger partial charge in [0.1, 0.15) is 11.5 Å². The van der Waals surface area contributed by atoms with Crippen molar-refractivity contribution in [1.29, 1.82) is 0 Å². The van der Waals surface area contributed by atoms with Crippen LogP contribution in [-0.4, -0.2) is 49.0 Å². The number of oxazole rings is 2. The highest BCUT2D eigenvalue weighted by molar-refractivity contribution is 6.03. The minimum absolute atomic E-state index is 0.00594. The first kappa shape index (κ1) is 18.9. The van der Waals surface area contributed by atoms with E-state index >= 15 is 0 Å². The number of aromatic nitrogens is 4. The molecular weight excluding hydrogens is 376 g/mol. The Labute approximate surface area is 166 Å². The fraction of sp³-hybridized carbons (Fsp3) is 0.421. The Kier molecular flexibility index (Phi) is 5.15. The number of nitrogens with zero attached hydrogens (tertiary/aromatic N) is 5. The fourth-order valence-corrected chi connectivity index (χ4v) is 3.56. The summed E-state index contributed by atoms with van der Waals surface area (Å²) in [7, 11) is 0. The van der Waals surface area contributed by atoms with Crippen LogP contribution >= 0.6 is 0 Å². The van der Waals surface area contributed by atoms with E-state index in [0.29, 0.717) is 36.0 Å². The van der Waals surface area contributed by atoms with Crippen LogP contribution in [0.2, 0.25) is 0 Å². The summed E-state index contributed by atoms with van der Waals surface area (Å²) in [6, 6.07) is -0.00594. The Morgan fingerprint density at radius 1 is 1.14 bits per heavy atom. The van der Waals surface area contributed by atoms with Crippen LogP contribution in [0.5, 0.6) is 0 Å². The fourth-order valence-electron chi connectivity index (χ4n) is 3.56. The lowest BCUT2D eigenvalue weighted by molar-refractivity contribution is 0.0576. The van der Waals surface area contributed by atoms with E-state index in [1.165, 1.54) is 12.8 Å². The van der Waals surface area contributed by atoms with Gasteiger partial charge in [0, 0.05) is 12.7 Å². The number of piperidine rings is 1. The second-order valence-electron chi connectivity index (χ2n) is 7.07. The molecule has 4 rings (SSSR count). The molecule has 0 aromatic carbocycles. The van der Waals surface area contributed by atoms with Crippen molar-refractivity contribution in [3.8, 4) is 0 Å². The van der Waals surface area contributed by atoms with E-state index in [1.54, 1.807) is 30.9 Å². The van der Waals surface area contributed by atoms with Gasteiger partial charge < -0.3 is 19.1 Å². The van der Waals surface area contributed by atoms with E-state index in [0.717, 1.165) is 19.3 Å². The van der Waals surface area contributed by atoms with Gasteiger partial charge in [0.15, 0.2) is 24.2 Å². The molecule has 1 unspecified atom stereocenters. The third kappa shape index (κ3) is 3.91. The van der Waals surface area contributed by atoms with Crippen LogP contribution in [0.4, 0.5) is 5.69 Å². The van der Waals surface area contributed by atoms with Crippen LogP contribution in [0.1, 0.15) is 51.8 Å². The molecule has 0 aliphatic carbocycles. The maximum atomic E-state index is 12.9. The molecule has 1 N–H and O–H groups in total. The number of hydrogen-bond acceptors (Lipinski definition) is 7. The van der Waals surface area contributed by atoms with Crippen LogP contribution in [0, 0.1) is 13.8 Å². The smallest absolute Gasteiger partial charge is 0.277 e. The average Bonchev–Trinajstić information content (AvgIpc) is 3.43. The van der Waals surface area contributed by atoms with Crippen LogP contribution in [-0.2, 0) is 6.54 Å². The van der Waals surface area contributed by atoms with E-state index in [1.807, 2.05) is 4.90 Å². The molecule has 10 heteroatoms. The minimum atomic E-state index is -0.355. The molecule has 3 aromatic rings. The zero-order valence-corrected chi connectivity index (χ0v) is 16.3. The zero-order valence-electron chi connectivity index (χ0n) is 16.3. The molecule has 152 valence electrons. The molecule has 0 radical (unpaired) electrons. The van der Waals surface area contributed by atoms with Crippen molar-refractivity contribution in [1.82, 2.24) is 24.6 Å². The number of likely N-dealkylation sites (tertiary alicyclic amines) is 1. The third-order valence-electron chi connectivity index (χ3n) is 5.08. The van der Waals surface area contributed by atoms with Crippen molar-refractivity contribution >= 4 is 17.5 Å². The predicted molar refractivity (Wildman–Crippen MR) is 101 cm³/mol. The van der Waals surface area contributed by atoms with Gasteiger partial charge in [0.2, 0.25) is 0 Å². The van der Waals surface area contributed by atoms with Gasteiger partial charge in [0.25, 0.3) is 11.8 Å². The van der Waals surface area contributed by atoms with Crippen LogP contribution in [0.25, 0.3) is 0 Å². The van der Waals surface area contributed by atoms with Gasteiger partial charge in [-0.05, 0) is 33.1 Å². The highest BCUT2D eigenvalue weighted by Crippen LogP contribution is 2.22. The first-order valence-corrected chi connectivity index (χ1v) is 9.48. The van der Waals surface area contributed by atoms with Gasteiger partial charge in [-0.2, -0.15) is 5.10 Å². The number of rotatable bonds is 5. The zero-order chi connectivity index (χ0) is 20.4. The average molecular weight is 398 g/mol. The number of hydrogen-bond donors (Lipinski definition) is 1. The van der Waals surface area contributed by atoms with Crippen LogP contribution in [0.15, 0.2) is 34.0 Å². The molecule has 10 nitrogen and oxygen atoms in total. The van der Waals surface area contributed by atoms with Gasteiger partial charge in [-0.3, -0.25) is 14.3 Å². The number of anilines is 1. The van der Waals surface area contributed by atoms with Gasteiger partial charge in [-0.25, -0.2) is 9.97 Å². The molecule has 0 saturated carbocycles. The van der Waals surface area contributed by atoms with Gasteiger partial charge in [-0.1, -0.05) is 0 Å². The lowest BCUT2D eigenvalue weighted by atomic mass is 10.0. The number of carbonyl (C=O) groups is 2. The molecule has 29 heavy (non-hydrogen) atoms. The molecule has 1 atom stereocenters. The molecule has 3 aromatic heterocycles. The molecule has 1 aliphatic rings. The van der Waals surface area contributed by atoms with Crippen LogP contribution in [0.3, 0.4) is 0 Å². The second kappa shape index (κ2) is 7.90. The summed E-state index contributed by atoms with van der Waals surface area (Å²) in [5.74, 6) is 0.496. The van der Waals surface area contributed by atoms with Crippen molar-refractivity contribution in [2.45, 2.75) is 45.7 Å². The van der Waals surface area contributed by atoms with E-state index in [9.17, 15) is 9.59 Å². The Balaban J connectivity index is 1.44. The second-order valence-corrected chi connectivity index (χ2v) is 7.07. The molecule has 0 spiro atoms. The summed E-state index contributed by atoms with van der Waals surface area (Å²) in [6.45, 7) is 4.61. The predicted octanol–water partition coefficient (Wildman–Crippen LogP) is 2.42. The van der Waals surface area contributed by atoms with E-state index in [2.05, 4.69) is 20.4 Å².